The molecular formula is C13H25O6P. The van der Waals surface area contributed by atoms with Gasteiger partial charge in [-0.05, 0) is 27.2 Å². The maximum absolute atomic E-state index is 11.9. The molecule has 0 aromatic heterocycles. The SMILES string of the molecule is CCO[PH](=O)C(C)C[C@H]1O[C@@H](OC)[C@@H]2OC(C)(C)O[C@@H]21. The molecule has 2 rings (SSSR count). The normalized spacial score (nSPS) is 38.6. The predicted octanol–water partition coefficient (Wildman–Crippen LogP) is 2.17. The van der Waals surface area contributed by atoms with Gasteiger partial charge in [-0.2, -0.15) is 0 Å². The molecule has 7 heteroatoms. The van der Waals surface area contributed by atoms with Crippen LogP contribution in [-0.4, -0.2) is 49.8 Å². The number of methoxy groups -OCH3 is 1. The van der Waals surface area contributed by atoms with Gasteiger partial charge in [0, 0.05) is 12.8 Å². The van der Waals surface area contributed by atoms with Crippen molar-refractivity contribution >= 4 is 8.03 Å². The van der Waals surface area contributed by atoms with E-state index in [0.29, 0.717) is 13.0 Å². The highest BCUT2D eigenvalue weighted by atomic mass is 31.1. The maximum atomic E-state index is 11.9. The highest BCUT2D eigenvalue weighted by molar-refractivity contribution is 7.40. The molecular weight excluding hydrogens is 283 g/mol. The Bertz CT molecular complexity index is 361. The third-order valence-corrected chi connectivity index (χ3v) is 5.23. The molecule has 0 bridgehead atoms. The molecule has 2 heterocycles. The van der Waals surface area contributed by atoms with Crippen molar-refractivity contribution < 1.29 is 28.0 Å². The summed E-state index contributed by atoms with van der Waals surface area (Å²) in [6.45, 7) is 7.97. The molecule has 0 amide bonds. The summed E-state index contributed by atoms with van der Waals surface area (Å²) in [5.74, 6) is -0.636. The fourth-order valence-electron chi connectivity index (χ4n) is 2.75. The van der Waals surface area contributed by atoms with E-state index in [1.54, 1.807) is 7.11 Å². The second-order valence-electron chi connectivity index (χ2n) is 5.73. The number of fused-ring (bicyclic) bond motifs is 1. The fraction of sp³-hybridized carbons (Fsp3) is 1.00. The minimum absolute atomic E-state index is 0.0616. The quantitative estimate of drug-likeness (QED) is 0.701. The summed E-state index contributed by atoms with van der Waals surface area (Å²) >= 11 is 0. The topological polar surface area (TPSA) is 63.2 Å². The van der Waals surface area contributed by atoms with Crippen LogP contribution in [0.2, 0.25) is 0 Å². The van der Waals surface area contributed by atoms with E-state index in [-0.39, 0.29) is 24.0 Å². The first-order valence-corrected chi connectivity index (χ1v) is 8.48. The first kappa shape index (κ1) is 16.4. The van der Waals surface area contributed by atoms with Crippen LogP contribution < -0.4 is 0 Å². The number of ether oxygens (including phenoxy) is 4. The number of hydrogen-bond acceptors (Lipinski definition) is 6. The molecule has 20 heavy (non-hydrogen) atoms. The third-order valence-electron chi connectivity index (χ3n) is 3.61. The summed E-state index contributed by atoms with van der Waals surface area (Å²) in [5.41, 5.74) is -0.0616. The zero-order chi connectivity index (χ0) is 14.9. The number of rotatable bonds is 6. The van der Waals surface area contributed by atoms with Crippen LogP contribution in [0.1, 0.15) is 34.1 Å². The Kier molecular flexibility index (Phi) is 5.27. The molecule has 0 spiro atoms. The Morgan fingerprint density at radius 2 is 1.95 bits per heavy atom. The molecule has 0 saturated carbocycles. The van der Waals surface area contributed by atoms with Gasteiger partial charge in [0.1, 0.15) is 12.2 Å². The van der Waals surface area contributed by atoms with Crippen LogP contribution in [0.5, 0.6) is 0 Å². The van der Waals surface area contributed by atoms with Crippen molar-refractivity contribution in [3.8, 4) is 0 Å². The summed E-state index contributed by atoms with van der Waals surface area (Å²) < 4.78 is 40.0. The summed E-state index contributed by atoms with van der Waals surface area (Å²) in [6.07, 6.45) is -0.432. The van der Waals surface area contributed by atoms with Crippen molar-refractivity contribution in [3.05, 3.63) is 0 Å². The predicted molar refractivity (Wildman–Crippen MR) is 74.2 cm³/mol. The highest BCUT2D eigenvalue weighted by Gasteiger charge is 2.55. The third kappa shape index (κ3) is 3.43. The zero-order valence-electron chi connectivity index (χ0n) is 12.8. The van der Waals surface area contributed by atoms with E-state index in [1.807, 2.05) is 27.7 Å². The van der Waals surface area contributed by atoms with Gasteiger partial charge in [0.15, 0.2) is 20.1 Å². The van der Waals surface area contributed by atoms with Crippen LogP contribution in [0.4, 0.5) is 0 Å². The lowest BCUT2D eigenvalue weighted by molar-refractivity contribution is -0.227. The van der Waals surface area contributed by atoms with E-state index in [4.69, 9.17) is 23.5 Å². The van der Waals surface area contributed by atoms with Gasteiger partial charge in [-0.1, -0.05) is 6.92 Å². The lowest BCUT2D eigenvalue weighted by atomic mass is 10.1. The molecule has 0 aromatic carbocycles. The van der Waals surface area contributed by atoms with Crippen molar-refractivity contribution in [2.45, 2.75) is 70.2 Å². The Balaban J connectivity index is 2.00. The van der Waals surface area contributed by atoms with Crippen LogP contribution >= 0.6 is 8.03 Å². The fourth-order valence-corrected chi connectivity index (χ4v) is 3.74. The van der Waals surface area contributed by atoms with E-state index in [2.05, 4.69) is 0 Å². The van der Waals surface area contributed by atoms with E-state index in [9.17, 15) is 4.57 Å². The lowest BCUT2D eigenvalue weighted by Crippen LogP contribution is -2.31. The summed E-state index contributed by atoms with van der Waals surface area (Å²) in [6, 6.07) is 0. The molecule has 2 fully saturated rings. The van der Waals surface area contributed by atoms with Crippen molar-refractivity contribution in [1.29, 1.82) is 0 Å². The van der Waals surface area contributed by atoms with Gasteiger partial charge >= 0.3 is 0 Å². The minimum Gasteiger partial charge on any atom is -0.353 e. The maximum Gasteiger partial charge on any atom is 0.194 e. The van der Waals surface area contributed by atoms with Crippen LogP contribution in [0.25, 0.3) is 0 Å². The smallest absolute Gasteiger partial charge is 0.194 e. The van der Waals surface area contributed by atoms with Crippen LogP contribution in [0.3, 0.4) is 0 Å². The van der Waals surface area contributed by atoms with Gasteiger partial charge in [-0.3, -0.25) is 4.57 Å². The molecule has 2 aliphatic heterocycles. The first-order chi connectivity index (χ1) is 9.38. The van der Waals surface area contributed by atoms with E-state index < -0.39 is 20.1 Å². The number of hydrogen-bond donors (Lipinski definition) is 0. The second-order valence-corrected chi connectivity index (χ2v) is 7.64. The van der Waals surface area contributed by atoms with Crippen molar-refractivity contribution in [2.24, 2.45) is 0 Å². The molecule has 6 nitrogen and oxygen atoms in total. The monoisotopic (exact) mass is 308 g/mol. The van der Waals surface area contributed by atoms with Crippen molar-refractivity contribution in [3.63, 3.8) is 0 Å². The molecule has 2 saturated heterocycles. The van der Waals surface area contributed by atoms with E-state index >= 15 is 0 Å². The highest BCUT2D eigenvalue weighted by Crippen LogP contribution is 2.42. The van der Waals surface area contributed by atoms with Gasteiger partial charge in [-0.15, -0.1) is 0 Å². The van der Waals surface area contributed by atoms with Gasteiger partial charge in [-0.25, -0.2) is 0 Å². The van der Waals surface area contributed by atoms with E-state index in [0.717, 1.165) is 0 Å². The van der Waals surface area contributed by atoms with Crippen molar-refractivity contribution in [2.75, 3.05) is 13.7 Å². The average Bonchev–Trinajstić information content (AvgIpc) is 2.84. The molecule has 118 valence electrons. The van der Waals surface area contributed by atoms with E-state index in [1.165, 1.54) is 0 Å². The molecule has 6 atom stereocenters. The Morgan fingerprint density at radius 1 is 1.30 bits per heavy atom. The molecule has 0 N–H and O–H groups in total. The summed E-state index contributed by atoms with van der Waals surface area (Å²) in [5, 5.41) is 0. The van der Waals surface area contributed by atoms with Gasteiger partial charge in [0.25, 0.3) is 0 Å². The molecule has 2 unspecified atom stereocenters. The van der Waals surface area contributed by atoms with Crippen molar-refractivity contribution in [1.82, 2.24) is 0 Å². The Hall–Kier alpha value is 0.0300. The largest absolute Gasteiger partial charge is 0.353 e. The first-order valence-electron chi connectivity index (χ1n) is 7.08. The van der Waals surface area contributed by atoms with Crippen LogP contribution in [0.15, 0.2) is 0 Å². The standard InChI is InChI=1S/C13H25O6P/c1-6-16-20(14)8(2)7-9-10-11(12(15-5)17-9)19-13(3,4)18-10/h8-12,20H,6-7H2,1-5H3/t8?,9-,10-,11-,12-/m1/s1. The molecule has 0 aromatic rings. The summed E-state index contributed by atoms with van der Waals surface area (Å²) in [4.78, 5) is 0. The minimum atomic E-state index is -2.05. The van der Waals surface area contributed by atoms with Crippen LogP contribution in [0, 0.1) is 0 Å². The molecule has 2 aliphatic rings. The lowest BCUT2D eigenvalue weighted by Gasteiger charge is -2.24. The second kappa shape index (κ2) is 6.42. The molecule has 0 aliphatic carbocycles. The summed E-state index contributed by atoms with van der Waals surface area (Å²) in [7, 11) is -0.464. The zero-order valence-corrected chi connectivity index (χ0v) is 13.8. The van der Waals surface area contributed by atoms with Gasteiger partial charge < -0.3 is 23.5 Å². The Labute approximate surface area is 120 Å². The van der Waals surface area contributed by atoms with Gasteiger partial charge in [0.05, 0.1) is 12.7 Å². The molecule has 0 radical (unpaired) electrons. The Morgan fingerprint density at radius 3 is 2.55 bits per heavy atom. The van der Waals surface area contributed by atoms with Crippen LogP contribution in [-0.2, 0) is 28.0 Å². The van der Waals surface area contributed by atoms with Gasteiger partial charge in [0.2, 0.25) is 0 Å². The average molecular weight is 308 g/mol.